The van der Waals surface area contributed by atoms with Crippen LogP contribution in [-0.2, 0) is 10.2 Å². The van der Waals surface area contributed by atoms with Crippen molar-refractivity contribution in [2.75, 3.05) is 51.2 Å². The average molecular weight is 444 g/mol. The molecule has 6 heteroatoms. The molecule has 1 saturated heterocycles. The van der Waals surface area contributed by atoms with E-state index in [1.54, 1.807) is 6.07 Å². The highest BCUT2D eigenvalue weighted by Crippen LogP contribution is 2.24. The van der Waals surface area contributed by atoms with Crippen LogP contribution in [0.4, 0.5) is 5.69 Å². The third-order valence-corrected chi connectivity index (χ3v) is 5.92. The van der Waals surface area contributed by atoms with E-state index >= 15 is 0 Å². The number of carbonyl (C=O) groups excluding carboxylic acids is 1. The van der Waals surface area contributed by atoms with Crippen molar-refractivity contribution in [2.24, 2.45) is 0 Å². The lowest BCUT2D eigenvalue weighted by Gasteiger charge is -2.34. The van der Waals surface area contributed by atoms with Gasteiger partial charge >= 0.3 is 0 Å². The summed E-state index contributed by atoms with van der Waals surface area (Å²) in [6, 6.07) is 15.7. The Hall–Kier alpha value is -2.08. The lowest BCUT2D eigenvalue weighted by atomic mass is 9.87. The second kappa shape index (κ2) is 11.0. The molecule has 1 N–H and O–H groups in total. The van der Waals surface area contributed by atoms with Crippen molar-refractivity contribution in [1.29, 1.82) is 0 Å². The van der Waals surface area contributed by atoms with Crippen LogP contribution in [0, 0.1) is 0 Å². The Morgan fingerprint density at radius 3 is 2.29 bits per heavy atom. The van der Waals surface area contributed by atoms with E-state index in [0.717, 1.165) is 51.5 Å². The largest absolute Gasteiger partial charge is 0.494 e. The summed E-state index contributed by atoms with van der Waals surface area (Å²) in [6.07, 6.45) is 0.994. The molecule has 0 radical (unpaired) electrons. The van der Waals surface area contributed by atoms with Gasteiger partial charge in [-0.2, -0.15) is 0 Å². The summed E-state index contributed by atoms with van der Waals surface area (Å²) in [7, 11) is 0. The number of benzene rings is 2. The first kappa shape index (κ1) is 23.6. The summed E-state index contributed by atoms with van der Waals surface area (Å²) < 4.78 is 5.90. The van der Waals surface area contributed by atoms with Gasteiger partial charge in [0.1, 0.15) is 5.75 Å². The number of nitrogens with zero attached hydrogens (tertiary/aromatic N) is 2. The number of hydrogen-bond acceptors (Lipinski definition) is 4. The van der Waals surface area contributed by atoms with Crippen molar-refractivity contribution in [3.05, 3.63) is 59.1 Å². The maximum Gasteiger partial charge on any atom is 0.238 e. The van der Waals surface area contributed by atoms with E-state index < -0.39 is 0 Å². The highest BCUT2D eigenvalue weighted by molar-refractivity contribution is 6.33. The van der Waals surface area contributed by atoms with Crippen molar-refractivity contribution in [3.63, 3.8) is 0 Å². The number of para-hydroxylation sites is 1. The van der Waals surface area contributed by atoms with Crippen LogP contribution in [0.5, 0.6) is 5.75 Å². The molecule has 0 atom stereocenters. The first-order valence-corrected chi connectivity index (χ1v) is 11.4. The molecule has 0 unspecified atom stereocenters. The Bertz CT molecular complexity index is 841. The second-order valence-corrected chi connectivity index (χ2v) is 9.53. The van der Waals surface area contributed by atoms with Crippen LogP contribution in [0.3, 0.4) is 0 Å². The van der Waals surface area contributed by atoms with Gasteiger partial charge in [-0.1, -0.05) is 56.6 Å². The van der Waals surface area contributed by atoms with Gasteiger partial charge in [-0.15, -0.1) is 0 Å². The summed E-state index contributed by atoms with van der Waals surface area (Å²) >= 11 is 6.11. The number of halogens is 1. The number of hydrogen-bond donors (Lipinski definition) is 1. The zero-order valence-corrected chi connectivity index (χ0v) is 19.6. The average Bonchev–Trinajstić information content (AvgIpc) is 2.74. The Balaban J connectivity index is 1.30. The molecule has 0 aromatic heterocycles. The normalized spacial score (nSPS) is 15.6. The quantitative estimate of drug-likeness (QED) is 0.602. The first-order valence-electron chi connectivity index (χ1n) is 11.0. The van der Waals surface area contributed by atoms with Gasteiger partial charge in [-0.3, -0.25) is 9.69 Å². The summed E-state index contributed by atoms with van der Waals surface area (Å²) in [4.78, 5) is 16.9. The first-order chi connectivity index (χ1) is 14.8. The van der Waals surface area contributed by atoms with Gasteiger partial charge in [0.05, 0.1) is 23.9 Å². The topological polar surface area (TPSA) is 44.8 Å². The molecule has 0 aliphatic carbocycles. The van der Waals surface area contributed by atoms with Gasteiger partial charge in [0.2, 0.25) is 5.91 Å². The van der Waals surface area contributed by atoms with Crippen molar-refractivity contribution in [2.45, 2.75) is 32.6 Å². The number of amides is 1. The number of ether oxygens (including phenoxy) is 1. The minimum absolute atomic E-state index is 0.0209. The molecule has 168 valence electrons. The fourth-order valence-electron chi connectivity index (χ4n) is 3.66. The summed E-state index contributed by atoms with van der Waals surface area (Å²) in [6.45, 7) is 12.5. The highest BCUT2D eigenvalue weighted by Gasteiger charge is 2.19. The van der Waals surface area contributed by atoms with Gasteiger partial charge in [0.25, 0.3) is 0 Å². The molecule has 3 rings (SSSR count). The van der Waals surface area contributed by atoms with Crippen LogP contribution < -0.4 is 10.1 Å². The fraction of sp³-hybridized carbons (Fsp3) is 0.480. The van der Waals surface area contributed by atoms with Crippen LogP contribution in [0.15, 0.2) is 48.5 Å². The number of nitrogens with one attached hydrogen (secondary N) is 1. The number of rotatable bonds is 8. The number of piperazine rings is 1. The molecule has 31 heavy (non-hydrogen) atoms. The molecule has 1 fully saturated rings. The minimum Gasteiger partial charge on any atom is -0.494 e. The molecule has 5 nitrogen and oxygen atoms in total. The molecule has 1 aliphatic rings. The third kappa shape index (κ3) is 7.53. The lowest BCUT2D eigenvalue weighted by molar-refractivity contribution is -0.117. The molecule has 0 spiro atoms. The molecule has 1 heterocycles. The highest BCUT2D eigenvalue weighted by atomic mass is 35.5. The van der Waals surface area contributed by atoms with E-state index in [4.69, 9.17) is 16.3 Å². The van der Waals surface area contributed by atoms with Crippen molar-refractivity contribution in [1.82, 2.24) is 9.80 Å². The number of anilines is 1. The molecular formula is C25H34ClN3O2. The monoisotopic (exact) mass is 443 g/mol. The second-order valence-electron chi connectivity index (χ2n) is 9.12. The van der Waals surface area contributed by atoms with Gasteiger partial charge in [-0.25, -0.2) is 0 Å². The Morgan fingerprint density at radius 2 is 1.65 bits per heavy atom. The van der Waals surface area contributed by atoms with E-state index in [1.807, 2.05) is 18.2 Å². The minimum atomic E-state index is -0.0209. The van der Waals surface area contributed by atoms with Gasteiger partial charge < -0.3 is 15.0 Å². The van der Waals surface area contributed by atoms with E-state index in [0.29, 0.717) is 17.3 Å². The fourth-order valence-corrected chi connectivity index (χ4v) is 3.84. The maximum absolute atomic E-state index is 12.3. The van der Waals surface area contributed by atoms with Gasteiger partial charge in [-0.05, 0) is 41.7 Å². The van der Waals surface area contributed by atoms with Crippen LogP contribution in [0.1, 0.15) is 32.8 Å². The van der Waals surface area contributed by atoms with E-state index in [-0.39, 0.29) is 11.3 Å². The van der Waals surface area contributed by atoms with E-state index in [1.165, 1.54) is 5.56 Å². The third-order valence-electron chi connectivity index (χ3n) is 5.59. The predicted molar refractivity (Wildman–Crippen MR) is 128 cm³/mol. The predicted octanol–water partition coefficient (Wildman–Crippen LogP) is 4.66. The van der Waals surface area contributed by atoms with Crippen molar-refractivity contribution in [3.8, 4) is 5.75 Å². The van der Waals surface area contributed by atoms with Crippen LogP contribution in [0.25, 0.3) is 0 Å². The molecule has 2 aromatic rings. The molecule has 0 bridgehead atoms. The molecule has 2 aromatic carbocycles. The Kier molecular flexibility index (Phi) is 8.35. The van der Waals surface area contributed by atoms with Gasteiger partial charge in [0.15, 0.2) is 0 Å². The zero-order valence-electron chi connectivity index (χ0n) is 18.9. The molecule has 0 saturated carbocycles. The summed E-state index contributed by atoms with van der Waals surface area (Å²) in [5, 5.41) is 3.46. The van der Waals surface area contributed by atoms with Crippen LogP contribution >= 0.6 is 11.6 Å². The lowest BCUT2D eigenvalue weighted by Crippen LogP contribution is -2.48. The maximum atomic E-state index is 12.3. The summed E-state index contributed by atoms with van der Waals surface area (Å²) in [5.74, 6) is 0.912. The van der Waals surface area contributed by atoms with E-state index in [9.17, 15) is 4.79 Å². The smallest absolute Gasteiger partial charge is 0.238 e. The molecule has 1 amide bonds. The van der Waals surface area contributed by atoms with E-state index in [2.05, 4.69) is 60.2 Å². The van der Waals surface area contributed by atoms with Crippen molar-refractivity contribution >= 4 is 23.2 Å². The SMILES string of the molecule is CC(C)(C)c1ccc(OCCCN2CCN(CC(=O)Nc3ccccc3Cl)CC2)cc1. The zero-order chi connectivity index (χ0) is 22.3. The van der Waals surface area contributed by atoms with Crippen molar-refractivity contribution < 1.29 is 9.53 Å². The van der Waals surface area contributed by atoms with Gasteiger partial charge in [0, 0.05) is 32.7 Å². The molecular weight excluding hydrogens is 410 g/mol. The van der Waals surface area contributed by atoms with Crippen LogP contribution in [-0.4, -0.2) is 61.6 Å². The Labute approximate surface area is 191 Å². The molecule has 1 aliphatic heterocycles. The Morgan fingerprint density at radius 1 is 1.00 bits per heavy atom. The van der Waals surface area contributed by atoms with Crippen LogP contribution in [0.2, 0.25) is 5.02 Å². The number of carbonyl (C=O) groups is 1. The standard InChI is InChI=1S/C25H34ClN3O2/c1-25(2,3)20-9-11-21(12-10-20)31-18-6-13-28-14-16-29(17-15-28)19-24(30)27-23-8-5-4-7-22(23)26/h4-5,7-12H,6,13-19H2,1-3H3,(H,27,30). The summed E-state index contributed by atoms with van der Waals surface area (Å²) in [5.41, 5.74) is 2.15.